The molecule has 1 amide bonds. The van der Waals surface area contributed by atoms with Gasteiger partial charge >= 0.3 is 0 Å². The van der Waals surface area contributed by atoms with Gasteiger partial charge in [0, 0.05) is 11.6 Å². The molecule has 0 spiro atoms. The quantitative estimate of drug-likeness (QED) is 0.624. The van der Waals surface area contributed by atoms with Crippen molar-refractivity contribution < 1.29 is 13.9 Å². The van der Waals surface area contributed by atoms with E-state index in [2.05, 4.69) is 12.2 Å². The summed E-state index contributed by atoms with van der Waals surface area (Å²) in [4.78, 5) is 12.2. The molecule has 5 heteroatoms. The number of anilines is 1. The fourth-order valence-electron chi connectivity index (χ4n) is 2.78. The van der Waals surface area contributed by atoms with Crippen molar-refractivity contribution in [1.29, 1.82) is 5.26 Å². The first kappa shape index (κ1) is 19.2. The molecule has 142 valence electrons. The number of benzene rings is 2. The molecule has 0 unspecified atom stereocenters. The van der Waals surface area contributed by atoms with E-state index in [0.29, 0.717) is 11.5 Å². The Hall–Kier alpha value is -3.52. The van der Waals surface area contributed by atoms with Crippen LogP contribution in [0.4, 0.5) is 5.88 Å². The molecule has 1 heterocycles. The summed E-state index contributed by atoms with van der Waals surface area (Å²) in [6.45, 7) is 3.96. The molecule has 0 saturated heterocycles. The minimum Gasteiger partial charge on any atom is -0.484 e. The number of nitrogens with zero attached hydrogens (tertiary/aromatic N) is 1. The summed E-state index contributed by atoms with van der Waals surface area (Å²) in [6, 6.07) is 19.1. The third-order valence-corrected chi connectivity index (χ3v) is 4.27. The van der Waals surface area contributed by atoms with Crippen LogP contribution in [0.2, 0.25) is 0 Å². The molecule has 3 rings (SSSR count). The molecule has 0 radical (unpaired) electrons. The van der Waals surface area contributed by atoms with Crippen LogP contribution in [0.15, 0.2) is 59.0 Å². The fourth-order valence-corrected chi connectivity index (χ4v) is 2.78. The Kier molecular flexibility index (Phi) is 6.13. The number of furan rings is 1. The van der Waals surface area contributed by atoms with E-state index in [1.807, 2.05) is 61.5 Å². The van der Waals surface area contributed by atoms with Crippen molar-refractivity contribution in [3.63, 3.8) is 0 Å². The zero-order valence-electron chi connectivity index (χ0n) is 16.0. The average molecular weight is 374 g/mol. The summed E-state index contributed by atoms with van der Waals surface area (Å²) in [7, 11) is 0. The minimum atomic E-state index is -0.390. The van der Waals surface area contributed by atoms with Crippen molar-refractivity contribution in [3.05, 3.63) is 71.3 Å². The molecule has 0 saturated carbocycles. The van der Waals surface area contributed by atoms with Crippen LogP contribution >= 0.6 is 0 Å². The number of nitrogens with one attached hydrogen (secondary N) is 1. The van der Waals surface area contributed by atoms with Crippen molar-refractivity contribution in [2.75, 3.05) is 11.9 Å². The normalized spacial score (nSPS) is 10.3. The van der Waals surface area contributed by atoms with E-state index in [4.69, 9.17) is 9.15 Å². The molecule has 1 aromatic heterocycles. The van der Waals surface area contributed by atoms with Gasteiger partial charge in [-0.2, -0.15) is 5.26 Å². The number of carbonyl (C=O) groups is 1. The van der Waals surface area contributed by atoms with E-state index in [1.54, 1.807) is 6.07 Å². The summed E-state index contributed by atoms with van der Waals surface area (Å²) >= 11 is 0. The zero-order valence-corrected chi connectivity index (χ0v) is 16.0. The fraction of sp³-hybridized carbons (Fsp3) is 0.217. The maximum absolute atomic E-state index is 12.2. The van der Waals surface area contributed by atoms with Gasteiger partial charge < -0.3 is 9.15 Å². The van der Waals surface area contributed by atoms with Gasteiger partial charge in [0.05, 0.1) is 0 Å². The monoisotopic (exact) mass is 374 g/mol. The molecular formula is C23H22N2O3. The van der Waals surface area contributed by atoms with E-state index < -0.39 is 0 Å². The Morgan fingerprint density at radius 3 is 2.50 bits per heavy atom. The van der Waals surface area contributed by atoms with Gasteiger partial charge in [-0.15, -0.1) is 0 Å². The Bertz CT molecular complexity index is 980. The maximum atomic E-state index is 12.2. The second kappa shape index (κ2) is 8.92. The standard InChI is InChI=1S/C23H22N2O3/c1-3-4-17-7-11-20(12-8-17)27-15-22(26)25-23-19(14-24)13-21(28-23)18-9-5-16(2)6-10-18/h5-13H,3-4,15H2,1-2H3,(H,25,26). The summed E-state index contributed by atoms with van der Waals surface area (Å²) in [5, 5.41) is 11.9. The molecular weight excluding hydrogens is 352 g/mol. The van der Waals surface area contributed by atoms with Gasteiger partial charge in [0.15, 0.2) is 6.61 Å². The Morgan fingerprint density at radius 2 is 1.86 bits per heavy atom. The third-order valence-electron chi connectivity index (χ3n) is 4.27. The lowest BCUT2D eigenvalue weighted by Crippen LogP contribution is -2.20. The van der Waals surface area contributed by atoms with E-state index in [1.165, 1.54) is 5.56 Å². The lowest BCUT2D eigenvalue weighted by molar-refractivity contribution is -0.118. The van der Waals surface area contributed by atoms with E-state index in [0.717, 1.165) is 24.0 Å². The number of carbonyl (C=O) groups excluding carboxylic acids is 1. The van der Waals surface area contributed by atoms with Gasteiger partial charge in [0.1, 0.15) is 23.1 Å². The second-order valence-corrected chi connectivity index (χ2v) is 6.56. The van der Waals surface area contributed by atoms with Crippen LogP contribution in [0.5, 0.6) is 5.75 Å². The third kappa shape index (κ3) is 4.80. The highest BCUT2D eigenvalue weighted by Gasteiger charge is 2.15. The van der Waals surface area contributed by atoms with Gasteiger partial charge in [-0.3, -0.25) is 10.1 Å². The van der Waals surface area contributed by atoms with Crippen molar-refractivity contribution in [2.45, 2.75) is 26.7 Å². The number of rotatable bonds is 7. The summed E-state index contributed by atoms with van der Waals surface area (Å²) in [6.07, 6.45) is 2.09. The highest BCUT2D eigenvalue weighted by molar-refractivity contribution is 5.92. The second-order valence-electron chi connectivity index (χ2n) is 6.56. The predicted octanol–water partition coefficient (Wildman–Crippen LogP) is 5.10. The minimum absolute atomic E-state index is 0.130. The average Bonchev–Trinajstić information content (AvgIpc) is 3.11. The van der Waals surface area contributed by atoms with Crippen LogP contribution in [-0.2, 0) is 11.2 Å². The Labute approximate surface area is 164 Å². The van der Waals surface area contributed by atoms with Gasteiger partial charge in [-0.05, 0) is 31.0 Å². The highest BCUT2D eigenvalue weighted by atomic mass is 16.5. The van der Waals surface area contributed by atoms with Gasteiger partial charge in [0.25, 0.3) is 5.91 Å². The largest absolute Gasteiger partial charge is 0.484 e. The smallest absolute Gasteiger partial charge is 0.264 e. The molecule has 0 aliphatic carbocycles. The SMILES string of the molecule is CCCc1ccc(OCC(=O)Nc2oc(-c3ccc(C)cc3)cc2C#N)cc1. The molecule has 3 aromatic rings. The highest BCUT2D eigenvalue weighted by Crippen LogP contribution is 2.29. The van der Waals surface area contributed by atoms with Crippen LogP contribution in [0.1, 0.15) is 30.0 Å². The van der Waals surface area contributed by atoms with Gasteiger partial charge in [0.2, 0.25) is 5.88 Å². The van der Waals surface area contributed by atoms with Crippen molar-refractivity contribution in [2.24, 2.45) is 0 Å². The van der Waals surface area contributed by atoms with E-state index in [-0.39, 0.29) is 24.0 Å². The van der Waals surface area contributed by atoms with Crippen LogP contribution in [-0.4, -0.2) is 12.5 Å². The molecule has 0 aliphatic heterocycles. The number of amides is 1. The molecule has 28 heavy (non-hydrogen) atoms. The number of hydrogen-bond acceptors (Lipinski definition) is 4. The summed E-state index contributed by atoms with van der Waals surface area (Å²) in [5.74, 6) is 0.887. The number of hydrogen-bond donors (Lipinski definition) is 1. The first-order valence-electron chi connectivity index (χ1n) is 9.21. The molecule has 2 aromatic carbocycles. The van der Waals surface area contributed by atoms with Crippen molar-refractivity contribution >= 4 is 11.8 Å². The molecule has 1 N–H and O–H groups in total. The summed E-state index contributed by atoms with van der Waals surface area (Å²) in [5.41, 5.74) is 3.47. The predicted molar refractivity (Wildman–Crippen MR) is 108 cm³/mol. The Balaban J connectivity index is 1.63. The first-order valence-corrected chi connectivity index (χ1v) is 9.21. The lowest BCUT2D eigenvalue weighted by Gasteiger charge is -2.07. The Morgan fingerprint density at radius 1 is 1.14 bits per heavy atom. The number of aryl methyl sites for hydroxylation is 2. The maximum Gasteiger partial charge on any atom is 0.264 e. The van der Waals surface area contributed by atoms with Crippen LogP contribution < -0.4 is 10.1 Å². The van der Waals surface area contributed by atoms with Gasteiger partial charge in [-0.25, -0.2) is 0 Å². The van der Waals surface area contributed by atoms with Crippen molar-refractivity contribution in [3.8, 4) is 23.1 Å². The van der Waals surface area contributed by atoms with Crippen molar-refractivity contribution in [1.82, 2.24) is 0 Å². The zero-order chi connectivity index (χ0) is 19.9. The summed E-state index contributed by atoms with van der Waals surface area (Å²) < 4.78 is 11.2. The number of ether oxygens (including phenoxy) is 1. The topological polar surface area (TPSA) is 75.3 Å². The molecule has 5 nitrogen and oxygen atoms in total. The molecule has 0 aliphatic rings. The van der Waals surface area contributed by atoms with Gasteiger partial charge in [-0.1, -0.05) is 55.3 Å². The van der Waals surface area contributed by atoms with E-state index in [9.17, 15) is 10.1 Å². The lowest BCUT2D eigenvalue weighted by atomic mass is 10.1. The molecule has 0 atom stereocenters. The number of nitriles is 1. The van der Waals surface area contributed by atoms with Crippen LogP contribution in [0, 0.1) is 18.3 Å². The molecule has 0 bridgehead atoms. The molecule has 0 fully saturated rings. The van der Waals surface area contributed by atoms with Crippen LogP contribution in [0.3, 0.4) is 0 Å². The van der Waals surface area contributed by atoms with E-state index >= 15 is 0 Å². The first-order chi connectivity index (χ1) is 13.6. The van der Waals surface area contributed by atoms with Crippen LogP contribution in [0.25, 0.3) is 11.3 Å².